The minimum atomic E-state index is -0.520. The third-order valence-corrected chi connectivity index (χ3v) is 3.44. The van der Waals surface area contributed by atoms with Crippen LogP contribution in [0.1, 0.15) is 37.0 Å². The van der Waals surface area contributed by atoms with Crippen molar-refractivity contribution in [2.75, 3.05) is 11.4 Å². The van der Waals surface area contributed by atoms with Crippen LogP contribution < -0.4 is 4.90 Å². The smallest absolute Gasteiger partial charge is 0.280 e. The molecule has 2 rings (SSSR count). The summed E-state index contributed by atoms with van der Waals surface area (Å²) in [6.07, 6.45) is 3.05. The Bertz CT molecular complexity index is 495. The molecule has 1 aliphatic carbocycles. The minimum absolute atomic E-state index is 0.131. The first-order chi connectivity index (χ1) is 9.02. The quantitative estimate of drug-likeness (QED) is 0.449. The molecule has 0 bridgehead atoms. The Morgan fingerprint density at radius 3 is 2.63 bits per heavy atom. The van der Waals surface area contributed by atoms with Crippen molar-refractivity contribution in [2.24, 2.45) is 5.92 Å². The van der Waals surface area contributed by atoms with Crippen molar-refractivity contribution in [3.05, 3.63) is 33.9 Å². The number of nitrogens with zero attached hydrogens (tertiary/aromatic N) is 2. The summed E-state index contributed by atoms with van der Waals surface area (Å²) >= 11 is 0. The topological polar surface area (TPSA) is 63.4 Å². The van der Waals surface area contributed by atoms with Crippen LogP contribution in [-0.2, 0) is 0 Å². The Hall–Kier alpha value is -1.91. The number of aldehydes is 1. The molecular formula is C14H18N2O3. The van der Waals surface area contributed by atoms with E-state index in [9.17, 15) is 14.9 Å². The summed E-state index contributed by atoms with van der Waals surface area (Å²) in [5, 5.41) is 10.8. The fourth-order valence-electron chi connectivity index (χ4n) is 2.17. The highest BCUT2D eigenvalue weighted by Crippen LogP contribution is 2.33. The van der Waals surface area contributed by atoms with Crippen LogP contribution in [0.25, 0.3) is 0 Å². The van der Waals surface area contributed by atoms with Crippen molar-refractivity contribution in [1.29, 1.82) is 0 Å². The van der Waals surface area contributed by atoms with E-state index in [1.165, 1.54) is 18.9 Å². The zero-order valence-electron chi connectivity index (χ0n) is 11.2. The van der Waals surface area contributed by atoms with Crippen molar-refractivity contribution in [3.8, 4) is 0 Å². The second kappa shape index (κ2) is 5.38. The molecule has 0 heterocycles. The molecule has 0 spiro atoms. The van der Waals surface area contributed by atoms with Crippen LogP contribution in [-0.4, -0.2) is 23.8 Å². The summed E-state index contributed by atoms with van der Waals surface area (Å²) in [5.41, 5.74) is 0.896. The third-order valence-electron chi connectivity index (χ3n) is 3.44. The average Bonchev–Trinajstić information content (AvgIpc) is 3.18. The van der Waals surface area contributed by atoms with Gasteiger partial charge in [-0.3, -0.25) is 14.9 Å². The van der Waals surface area contributed by atoms with Gasteiger partial charge in [-0.05, 0) is 44.7 Å². The first kappa shape index (κ1) is 13.5. The van der Waals surface area contributed by atoms with E-state index >= 15 is 0 Å². The maximum Gasteiger partial charge on any atom is 0.280 e. The molecule has 0 aromatic heterocycles. The number of nitro benzene ring substituents is 1. The van der Waals surface area contributed by atoms with Gasteiger partial charge in [0.05, 0.1) is 10.5 Å². The van der Waals surface area contributed by atoms with Crippen molar-refractivity contribution >= 4 is 17.7 Å². The van der Waals surface area contributed by atoms with E-state index in [2.05, 4.69) is 18.7 Å². The summed E-state index contributed by atoms with van der Waals surface area (Å²) in [7, 11) is 0. The minimum Gasteiger partial charge on any atom is -0.369 e. The zero-order valence-corrected chi connectivity index (χ0v) is 11.2. The lowest BCUT2D eigenvalue weighted by molar-refractivity contribution is -0.385. The molecule has 0 saturated heterocycles. The molecule has 0 amide bonds. The van der Waals surface area contributed by atoms with Crippen LogP contribution in [0, 0.1) is 16.0 Å². The van der Waals surface area contributed by atoms with Gasteiger partial charge in [0.2, 0.25) is 0 Å². The van der Waals surface area contributed by atoms with Crippen molar-refractivity contribution in [3.63, 3.8) is 0 Å². The Morgan fingerprint density at radius 1 is 1.47 bits per heavy atom. The fraction of sp³-hybridized carbons (Fsp3) is 0.500. The lowest BCUT2D eigenvalue weighted by Crippen LogP contribution is -2.32. The van der Waals surface area contributed by atoms with Crippen LogP contribution in [0.15, 0.2) is 18.2 Å². The summed E-state index contributed by atoms with van der Waals surface area (Å²) in [6.45, 7) is 5.13. The number of carbonyl (C=O) groups excluding carboxylic acids is 1. The van der Waals surface area contributed by atoms with Gasteiger partial charge in [-0.25, -0.2) is 0 Å². The Kier molecular flexibility index (Phi) is 3.83. The van der Waals surface area contributed by atoms with Crippen molar-refractivity contribution in [1.82, 2.24) is 0 Å². The predicted molar refractivity (Wildman–Crippen MR) is 73.7 cm³/mol. The van der Waals surface area contributed by atoms with E-state index in [1.807, 2.05) is 0 Å². The van der Waals surface area contributed by atoms with Gasteiger partial charge in [0.15, 0.2) is 6.29 Å². The van der Waals surface area contributed by atoms with Crippen LogP contribution in [0.3, 0.4) is 0 Å². The van der Waals surface area contributed by atoms with Crippen LogP contribution >= 0.6 is 0 Å². The highest BCUT2D eigenvalue weighted by Gasteiger charge is 2.26. The zero-order chi connectivity index (χ0) is 14.0. The van der Waals surface area contributed by atoms with Gasteiger partial charge in [-0.15, -0.1) is 0 Å². The van der Waals surface area contributed by atoms with Gasteiger partial charge < -0.3 is 4.90 Å². The molecule has 0 radical (unpaired) electrons. The van der Waals surface area contributed by atoms with E-state index < -0.39 is 4.92 Å². The van der Waals surface area contributed by atoms with Crippen LogP contribution in [0.5, 0.6) is 0 Å². The fourth-order valence-corrected chi connectivity index (χ4v) is 2.17. The second-order valence-electron chi connectivity index (χ2n) is 5.31. The number of nitro groups is 1. The van der Waals surface area contributed by atoms with E-state index in [-0.39, 0.29) is 11.3 Å². The molecule has 0 aliphatic heterocycles. The van der Waals surface area contributed by atoms with E-state index in [0.717, 1.165) is 18.2 Å². The van der Waals surface area contributed by atoms with Crippen molar-refractivity contribution < 1.29 is 9.72 Å². The predicted octanol–water partition coefficient (Wildman–Crippen LogP) is 3.03. The molecule has 1 aromatic rings. The summed E-state index contributed by atoms with van der Waals surface area (Å²) in [6, 6.07) is 5.07. The maximum atomic E-state index is 11.0. The molecule has 1 aliphatic rings. The number of anilines is 1. The monoisotopic (exact) mass is 262 g/mol. The SMILES string of the molecule is CC(C)N(CC1CC1)c1ccc([N+](=O)[O-])c(C=O)c1. The normalized spacial score (nSPS) is 14.5. The van der Waals surface area contributed by atoms with Gasteiger partial charge >= 0.3 is 0 Å². The average molecular weight is 262 g/mol. The molecule has 1 fully saturated rings. The number of rotatable bonds is 6. The molecular weight excluding hydrogens is 244 g/mol. The molecule has 0 unspecified atom stereocenters. The molecule has 102 valence electrons. The summed E-state index contributed by atoms with van der Waals surface area (Å²) in [4.78, 5) is 23.5. The molecule has 0 atom stereocenters. The lowest BCUT2D eigenvalue weighted by Gasteiger charge is -2.29. The van der Waals surface area contributed by atoms with Crippen LogP contribution in [0.4, 0.5) is 11.4 Å². The standard InChI is InChI=1S/C14H18N2O3/c1-10(2)15(8-11-3-4-11)13-5-6-14(16(18)19)12(7-13)9-17/h5-7,9-11H,3-4,8H2,1-2H3. The first-order valence-electron chi connectivity index (χ1n) is 6.53. The molecule has 5 nitrogen and oxygen atoms in total. The highest BCUT2D eigenvalue weighted by molar-refractivity contribution is 5.83. The number of carbonyl (C=O) groups is 1. The highest BCUT2D eigenvalue weighted by atomic mass is 16.6. The Balaban J connectivity index is 2.31. The van der Waals surface area contributed by atoms with Crippen LogP contribution in [0.2, 0.25) is 0 Å². The maximum absolute atomic E-state index is 11.0. The van der Waals surface area contributed by atoms with Gasteiger partial charge in [-0.1, -0.05) is 0 Å². The van der Waals surface area contributed by atoms with Gasteiger partial charge in [-0.2, -0.15) is 0 Å². The van der Waals surface area contributed by atoms with Gasteiger partial charge in [0, 0.05) is 24.3 Å². The Labute approximate surface area is 112 Å². The molecule has 1 saturated carbocycles. The number of benzene rings is 1. The Morgan fingerprint density at radius 2 is 2.16 bits per heavy atom. The largest absolute Gasteiger partial charge is 0.369 e. The summed E-state index contributed by atoms with van der Waals surface area (Å²) in [5.74, 6) is 0.720. The molecule has 19 heavy (non-hydrogen) atoms. The van der Waals surface area contributed by atoms with E-state index in [4.69, 9.17) is 0 Å². The molecule has 5 heteroatoms. The van der Waals surface area contributed by atoms with E-state index in [0.29, 0.717) is 12.3 Å². The lowest BCUT2D eigenvalue weighted by atomic mass is 10.1. The summed E-state index contributed by atoms with van der Waals surface area (Å²) < 4.78 is 0. The third kappa shape index (κ3) is 3.10. The van der Waals surface area contributed by atoms with E-state index in [1.54, 1.807) is 12.1 Å². The number of hydrogen-bond acceptors (Lipinski definition) is 4. The van der Waals surface area contributed by atoms with Crippen molar-refractivity contribution in [2.45, 2.75) is 32.7 Å². The van der Waals surface area contributed by atoms with Gasteiger partial charge in [0.25, 0.3) is 5.69 Å². The van der Waals surface area contributed by atoms with Gasteiger partial charge in [0.1, 0.15) is 0 Å². The first-order valence-corrected chi connectivity index (χ1v) is 6.53. The molecule has 0 N–H and O–H groups in total. The number of hydrogen-bond donors (Lipinski definition) is 0. The second-order valence-corrected chi connectivity index (χ2v) is 5.31. The molecule has 1 aromatic carbocycles.